The number of aromatic amines is 1. The summed E-state index contributed by atoms with van der Waals surface area (Å²) >= 11 is 0. The normalized spacial score (nSPS) is 24.6. The van der Waals surface area contributed by atoms with Crippen LogP contribution in [0.4, 0.5) is 0 Å². The van der Waals surface area contributed by atoms with Crippen molar-refractivity contribution in [1.29, 1.82) is 0 Å². The smallest absolute Gasteiger partial charge is 0.254 e. The molecule has 2 rings (SSSR count). The summed E-state index contributed by atoms with van der Waals surface area (Å²) in [4.78, 5) is 17.7. The van der Waals surface area contributed by atoms with E-state index >= 15 is 0 Å². The first kappa shape index (κ1) is 11.1. The first-order valence-corrected chi connectivity index (χ1v) is 5.35. The number of nitrogens with zero attached hydrogens (tertiary/aromatic N) is 3. The number of hydrogen-bond acceptors (Lipinski definition) is 4. The number of carbonyl (C=O) groups is 1. The highest BCUT2D eigenvalue weighted by molar-refractivity contribution is 5.84. The lowest BCUT2D eigenvalue weighted by Crippen LogP contribution is -2.44. The van der Waals surface area contributed by atoms with Crippen LogP contribution in [0.2, 0.25) is 0 Å². The van der Waals surface area contributed by atoms with E-state index in [2.05, 4.69) is 15.2 Å². The van der Waals surface area contributed by atoms with Crippen molar-refractivity contribution >= 4 is 5.91 Å². The van der Waals surface area contributed by atoms with Crippen molar-refractivity contribution in [2.45, 2.75) is 31.9 Å². The highest BCUT2D eigenvalue weighted by Gasteiger charge is 2.39. The van der Waals surface area contributed by atoms with Crippen molar-refractivity contribution in [3.63, 3.8) is 0 Å². The summed E-state index contributed by atoms with van der Waals surface area (Å²) in [5.74, 6) is 0.679. The first-order valence-electron chi connectivity index (χ1n) is 5.35. The minimum absolute atomic E-state index is 0.00130. The molecule has 1 aliphatic heterocycles. The average molecular weight is 224 g/mol. The molecular formula is C10H16N4O2. The maximum atomic E-state index is 12.1. The molecule has 0 saturated carbocycles. The number of likely N-dealkylation sites (N-methyl/N-ethyl adjacent to an activating group) is 1. The summed E-state index contributed by atoms with van der Waals surface area (Å²) in [6, 6.07) is 0. The molecule has 1 aromatic heterocycles. The van der Waals surface area contributed by atoms with Crippen LogP contribution in [0.15, 0.2) is 6.33 Å². The maximum absolute atomic E-state index is 12.1. The van der Waals surface area contributed by atoms with Gasteiger partial charge in [0.05, 0.1) is 6.54 Å². The van der Waals surface area contributed by atoms with Crippen LogP contribution in [0.5, 0.6) is 0 Å². The molecule has 16 heavy (non-hydrogen) atoms. The highest BCUT2D eigenvalue weighted by Crippen LogP contribution is 2.27. The van der Waals surface area contributed by atoms with Crippen LogP contribution in [0.3, 0.4) is 0 Å². The minimum atomic E-state index is -0.658. The van der Waals surface area contributed by atoms with Gasteiger partial charge in [-0.25, -0.2) is 4.98 Å². The quantitative estimate of drug-likeness (QED) is 0.803. The molecule has 0 bridgehead atoms. The number of hydrogen-bond donors (Lipinski definition) is 1. The largest absolute Gasteiger partial charge is 0.365 e. The molecule has 2 heterocycles. The number of rotatable bonds is 3. The summed E-state index contributed by atoms with van der Waals surface area (Å²) < 4.78 is 5.51. The van der Waals surface area contributed by atoms with E-state index in [9.17, 15) is 4.79 Å². The highest BCUT2D eigenvalue weighted by atomic mass is 16.5. The molecule has 88 valence electrons. The van der Waals surface area contributed by atoms with E-state index in [1.807, 2.05) is 6.92 Å². The van der Waals surface area contributed by atoms with Crippen LogP contribution in [0.1, 0.15) is 25.6 Å². The molecule has 1 saturated heterocycles. The number of aromatic nitrogens is 3. The van der Waals surface area contributed by atoms with E-state index in [-0.39, 0.29) is 5.91 Å². The predicted molar refractivity (Wildman–Crippen MR) is 56.4 cm³/mol. The third-order valence-electron chi connectivity index (χ3n) is 2.87. The fourth-order valence-electron chi connectivity index (χ4n) is 1.95. The van der Waals surface area contributed by atoms with Gasteiger partial charge in [-0.2, -0.15) is 5.10 Å². The second-order valence-electron chi connectivity index (χ2n) is 4.28. The molecule has 1 N–H and O–H groups in total. The summed E-state index contributed by atoms with van der Waals surface area (Å²) in [5.41, 5.74) is -0.658. The van der Waals surface area contributed by atoms with Gasteiger partial charge >= 0.3 is 0 Å². The van der Waals surface area contributed by atoms with Gasteiger partial charge in [-0.1, -0.05) is 0 Å². The van der Waals surface area contributed by atoms with Gasteiger partial charge in [0, 0.05) is 13.7 Å². The van der Waals surface area contributed by atoms with Crippen LogP contribution in [0, 0.1) is 0 Å². The third-order valence-corrected chi connectivity index (χ3v) is 2.87. The molecule has 6 nitrogen and oxygen atoms in total. The molecule has 0 aliphatic carbocycles. The summed E-state index contributed by atoms with van der Waals surface area (Å²) in [6.07, 6.45) is 3.16. The Balaban J connectivity index is 1.99. The van der Waals surface area contributed by atoms with E-state index < -0.39 is 5.60 Å². The number of H-pyrrole nitrogens is 1. The second kappa shape index (κ2) is 4.21. The van der Waals surface area contributed by atoms with Gasteiger partial charge in [-0.15, -0.1) is 0 Å². The van der Waals surface area contributed by atoms with Gasteiger partial charge in [0.2, 0.25) is 0 Å². The number of amides is 1. The molecule has 6 heteroatoms. The van der Waals surface area contributed by atoms with Crippen LogP contribution in [0.25, 0.3) is 0 Å². The molecule has 1 aromatic rings. The van der Waals surface area contributed by atoms with Crippen LogP contribution < -0.4 is 0 Å². The molecule has 0 radical (unpaired) electrons. The van der Waals surface area contributed by atoms with E-state index in [0.717, 1.165) is 12.8 Å². The molecule has 1 fully saturated rings. The fourth-order valence-corrected chi connectivity index (χ4v) is 1.95. The number of carbonyl (C=O) groups excluding carboxylic acids is 1. The summed E-state index contributed by atoms with van der Waals surface area (Å²) in [6.45, 7) is 2.94. The Labute approximate surface area is 94.0 Å². The van der Waals surface area contributed by atoms with Crippen LogP contribution in [-0.2, 0) is 16.1 Å². The Hall–Kier alpha value is -1.43. The van der Waals surface area contributed by atoms with Gasteiger partial charge < -0.3 is 9.64 Å². The Bertz CT molecular complexity index is 357. The lowest BCUT2D eigenvalue weighted by molar-refractivity contribution is -0.150. The topological polar surface area (TPSA) is 71.1 Å². The molecule has 1 amide bonds. The Morgan fingerprint density at radius 2 is 2.56 bits per heavy atom. The van der Waals surface area contributed by atoms with Crippen molar-refractivity contribution in [3.8, 4) is 0 Å². The van der Waals surface area contributed by atoms with E-state index in [1.165, 1.54) is 6.33 Å². The lowest BCUT2D eigenvalue weighted by atomic mass is 10.0. The molecule has 0 spiro atoms. The van der Waals surface area contributed by atoms with E-state index in [0.29, 0.717) is 19.0 Å². The minimum Gasteiger partial charge on any atom is -0.365 e. The van der Waals surface area contributed by atoms with Gasteiger partial charge in [-0.05, 0) is 19.8 Å². The molecular weight excluding hydrogens is 208 g/mol. The number of ether oxygens (including phenoxy) is 1. The molecule has 1 unspecified atom stereocenters. The van der Waals surface area contributed by atoms with E-state index in [4.69, 9.17) is 4.74 Å². The Morgan fingerprint density at radius 1 is 1.75 bits per heavy atom. The standard InChI is InChI=1S/C10H16N4O2/c1-10(4-3-5-16-10)9(15)14(2)6-8-11-7-12-13-8/h7H,3-6H2,1-2H3,(H,11,12,13). The maximum Gasteiger partial charge on any atom is 0.254 e. The molecule has 1 aliphatic rings. The van der Waals surface area contributed by atoms with Crippen molar-refractivity contribution < 1.29 is 9.53 Å². The summed E-state index contributed by atoms with van der Waals surface area (Å²) in [7, 11) is 1.75. The van der Waals surface area contributed by atoms with Crippen LogP contribution >= 0.6 is 0 Å². The Morgan fingerprint density at radius 3 is 3.12 bits per heavy atom. The van der Waals surface area contributed by atoms with Crippen molar-refractivity contribution in [2.24, 2.45) is 0 Å². The summed E-state index contributed by atoms with van der Waals surface area (Å²) in [5, 5.41) is 6.47. The first-order chi connectivity index (χ1) is 7.62. The second-order valence-corrected chi connectivity index (χ2v) is 4.28. The van der Waals surface area contributed by atoms with Gasteiger partial charge in [0.15, 0.2) is 0 Å². The van der Waals surface area contributed by atoms with Crippen molar-refractivity contribution in [1.82, 2.24) is 20.1 Å². The average Bonchev–Trinajstić information content (AvgIpc) is 2.89. The third kappa shape index (κ3) is 2.06. The van der Waals surface area contributed by atoms with Gasteiger partial charge in [0.1, 0.15) is 17.8 Å². The zero-order valence-electron chi connectivity index (χ0n) is 9.56. The number of nitrogens with one attached hydrogen (secondary N) is 1. The van der Waals surface area contributed by atoms with Crippen molar-refractivity contribution in [3.05, 3.63) is 12.2 Å². The lowest BCUT2D eigenvalue weighted by Gasteiger charge is -2.27. The van der Waals surface area contributed by atoms with Crippen LogP contribution in [-0.4, -0.2) is 45.2 Å². The van der Waals surface area contributed by atoms with Gasteiger partial charge in [0.25, 0.3) is 5.91 Å². The van der Waals surface area contributed by atoms with Gasteiger partial charge in [-0.3, -0.25) is 9.89 Å². The van der Waals surface area contributed by atoms with Crippen molar-refractivity contribution in [2.75, 3.05) is 13.7 Å². The molecule has 0 aromatic carbocycles. The zero-order valence-corrected chi connectivity index (χ0v) is 9.56. The Kier molecular flexibility index (Phi) is 2.91. The van der Waals surface area contributed by atoms with E-state index in [1.54, 1.807) is 11.9 Å². The fraction of sp³-hybridized carbons (Fsp3) is 0.700. The molecule has 1 atom stereocenters. The predicted octanol–water partition coefficient (Wildman–Crippen LogP) is 0.332. The monoisotopic (exact) mass is 224 g/mol. The SMILES string of the molecule is CN(Cc1ncn[nH]1)C(=O)C1(C)CCCO1. The zero-order chi connectivity index (χ0) is 11.6.